The van der Waals surface area contributed by atoms with Crippen LogP contribution < -0.4 is 0 Å². The zero-order valence-corrected chi connectivity index (χ0v) is 12.5. The minimum atomic E-state index is 1.19. The van der Waals surface area contributed by atoms with Crippen LogP contribution in [0.5, 0.6) is 0 Å². The molecule has 22 heavy (non-hydrogen) atoms. The topological polar surface area (TPSA) is 15.8 Å². The van der Waals surface area contributed by atoms with Crippen LogP contribution in [0, 0.1) is 6.92 Å². The fraction of sp³-hybridized carbons (Fsp3) is 0.0476. The van der Waals surface area contributed by atoms with Gasteiger partial charge in [0.15, 0.2) is 0 Å². The first kappa shape index (κ1) is 12.9. The Morgan fingerprint density at radius 3 is 1.95 bits per heavy atom. The summed E-state index contributed by atoms with van der Waals surface area (Å²) >= 11 is 0. The minimum Gasteiger partial charge on any atom is -0.358 e. The van der Waals surface area contributed by atoms with Crippen molar-refractivity contribution < 1.29 is 0 Å². The summed E-state index contributed by atoms with van der Waals surface area (Å²) in [5.41, 5.74) is 7.50. The summed E-state index contributed by atoms with van der Waals surface area (Å²) in [4.78, 5) is 3.54. The van der Waals surface area contributed by atoms with Crippen LogP contribution in [-0.4, -0.2) is 4.98 Å². The predicted molar refractivity (Wildman–Crippen MR) is 93.9 cm³/mol. The number of H-pyrrole nitrogens is 1. The molecule has 4 rings (SSSR count). The van der Waals surface area contributed by atoms with Gasteiger partial charge in [-0.1, -0.05) is 72.8 Å². The molecule has 0 bridgehead atoms. The Morgan fingerprint density at radius 1 is 0.636 bits per heavy atom. The second-order valence-corrected chi connectivity index (χ2v) is 5.59. The second kappa shape index (κ2) is 5.19. The number of aromatic amines is 1. The van der Waals surface area contributed by atoms with Crippen LogP contribution in [0.25, 0.3) is 33.2 Å². The van der Waals surface area contributed by atoms with E-state index in [0.29, 0.717) is 0 Å². The van der Waals surface area contributed by atoms with E-state index in [1.54, 1.807) is 0 Å². The van der Waals surface area contributed by atoms with E-state index in [-0.39, 0.29) is 0 Å². The highest BCUT2D eigenvalue weighted by molar-refractivity contribution is 6.06. The van der Waals surface area contributed by atoms with Gasteiger partial charge < -0.3 is 4.98 Å². The molecule has 1 aromatic heterocycles. The van der Waals surface area contributed by atoms with Gasteiger partial charge in [-0.3, -0.25) is 0 Å². The third-order valence-corrected chi connectivity index (χ3v) is 4.16. The maximum atomic E-state index is 3.54. The number of benzene rings is 3. The molecule has 1 N–H and O–H groups in total. The van der Waals surface area contributed by atoms with Gasteiger partial charge in [-0.25, -0.2) is 0 Å². The summed E-state index contributed by atoms with van der Waals surface area (Å²) in [6, 6.07) is 27.7. The lowest BCUT2D eigenvalue weighted by Crippen LogP contribution is -1.82. The lowest BCUT2D eigenvalue weighted by Gasteiger charge is -2.07. The maximum absolute atomic E-state index is 3.54. The molecule has 1 heterocycles. The number of aryl methyl sites for hydroxylation is 1. The Bertz CT molecular complexity index is 918. The van der Waals surface area contributed by atoms with Crippen LogP contribution in [0.4, 0.5) is 0 Å². The first-order valence-electron chi connectivity index (χ1n) is 7.57. The van der Waals surface area contributed by atoms with Crippen LogP contribution >= 0.6 is 0 Å². The van der Waals surface area contributed by atoms with E-state index in [2.05, 4.69) is 90.8 Å². The molecule has 0 aliphatic carbocycles. The molecule has 0 spiro atoms. The molecule has 106 valence electrons. The first-order chi connectivity index (χ1) is 10.8. The van der Waals surface area contributed by atoms with E-state index >= 15 is 0 Å². The Kier molecular flexibility index (Phi) is 3.05. The first-order valence-corrected chi connectivity index (χ1v) is 7.57. The number of fused-ring (bicyclic) bond motifs is 1. The molecule has 0 amide bonds. The molecule has 1 nitrogen and oxygen atoms in total. The Balaban J connectivity index is 2.08. The molecule has 3 aromatic carbocycles. The van der Waals surface area contributed by atoms with Crippen LogP contribution in [-0.2, 0) is 0 Å². The molecule has 0 atom stereocenters. The summed E-state index contributed by atoms with van der Waals surface area (Å²) < 4.78 is 0. The Labute approximate surface area is 130 Å². The zero-order chi connectivity index (χ0) is 14.9. The van der Waals surface area contributed by atoms with Crippen molar-refractivity contribution in [3.05, 3.63) is 84.6 Å². The number of aromatic nitrogens is 1. The normalized spacial score (nSPS) is 11.0. The second-order valence-electron chi connectivity index (χ2n) is 5.59. The quantitative estimate of drug-likeness (QED) is 0.478. The number of hydrogen-bond acceptors (Lipinski definition) is 0. The molecule has 4 aromatic rings. The van der Waals surface area contributed by atoms with Crippen LogP contribution in [0.1, 0.15) is 5.69 Å². The summed E-state index contributed by atoms with van der Waals surface area (Å²) in [5.74, 6) is 0. The van der Waals surface area contributed by atoms with Crippen LogP contribution in [0.3, 0.4) is 0 Å². The maximum Gasteiger partial charge on any atom is 0.0468 e. The van der Waals surface area contributed by atoms with Crippen LogP contribution in [0.2, 0.25) is 0 Å². The molecular formula is C21H17N. The monoisotopic (exact) mass is 283 g/mol. The molecule has 0 fully saturated rings. The molecule has 0 saturated carbocycles. The fourth-order valence-corrected chi connectivity index (χ4v) is 3.20. The summed E-state index contributed by atoms with van der Waals surface area (Å²) in [7, 11) is 0. The van der Waals surface area contributed by atoms with Crippen molar-refractivity contribution >= 4 is 10.9 Å². The molecule has 0 aliphatic heterocycles. The smallest absolute Gasteiger partial charge is 0.0468 e. The highest BCUT2D eigenvalue weighted by Crippen LogP contribution is 2.38. The summed E-state index contributed by atoms with van der Waals surface area (Å²) in [5, 5.41) is 1.30. The van der Waals surface area contributed by atoms with E-state index in [4.69, 9.17) is 0 Å². The van der Waals surface area contributed by atoms with Gasteiger partial charge in [0.2, 0.25) is 0 Å². The number of hydrogen-bond donors (Lipinski definition) is 1. The highest BCUT2D eigenvalue weighted by atomic mass is 14.7. The zero-order valence-electron chi connectivity index (χ0n) is 12.5. The van der Waals surface area contributed by atoms with E-state index in [1.807, 2.05) is 0 Å². The van der Waals surface area contributed by atoms with Gasteiger partial charge in [0, 0.05) is 22.2 Å². The lowest BCUT2D eigenvalue weighted by molar-refractivity contribution is 1.30. The van der Waals surface area contributed by atoms with Gasteiger partial charge in [0.1, 0.15) is 0 Å². The summed E-state index contributed by atoms with van der Waals surface area (Å²) in [6.07, 6.45) is 0. The van der Waals surface area contributed by atoms with Crippen molar-refractivity contribution in [3.63, 3.8) is 0 Å². The van der Waals surface area contributed by atoms with Gasteiger partial charge in [-0.2, -0.15) is 0 Å². The predicted octanol–water partition coefficient (Wildman–Crippen LogP) is 5.81. The molecule has 1 heteroatoms. The average molecular weight is 283 g/mol. The van der Waals surface area contributed by atoms with Crippen molar-refractivity contribution in [3.8, 4) is 22.3 Å². The third-order valence-electron chi connectivity index (χ3n) is 4.16. The molecule has 0 saturated heterocycles. The van der Waals surface area contributed by atoms with E-state index < -0.39 is 0 Å². The highest BCUT2D eigenvalue weighted by Gasteiger charge is 2.14. The Hall–Kier alpha value is -2.80. The fourth-order valence-electron chi connectivity index (χ4n) is 3.20. The minimum absolute atomic E-state index is 1.19. The van der Waals surface area contributed by atoms with Crippen molar-refractivity contribution in [2.24, 2.45) is 0 Å². The molecule has 0 aliphatic rings. The van der Waals surface area contributed by atoms with Gasteiger partial charge in [-0.15, -0.1) is 0 Å². The molecule has 0 radical (unpaired) electrons. The van der Waals surface area contributed by atoms with Crippen molar-refractivity contribution in [2.75, 3.05) is 0 Å². The van der Waals surface area contributed by atoms with E-state index in [1.165, 1.54) is 38.9 Å². The molecule has 0 unspecified atom stereocenters. The van der Waals surface area contributed by atoms with Gasteiger partial charge in [0.05, 0.1) is 0 Å². The van der Waals surface area contributed by atoms with Gasteiger partial charge in [-0.05, 0) is 29.7 Å². The number of rotatable bonds is 2. The van der Waals surface area contributed by atoms with E-state index in [0.717, 1.165) is 0 Å². The van der Waals surface area contributed by atoms with Crippen LogP contribution in [0.15, 0.2) is 78.9 Å². The average Bonchev–Trinajstić information content (AvgIpc) is 2.92. The van der Waals surface area contributed by atoms with Crippen molar-refractivity contribution in [1.82, 2.24) is 4.98 Å². The molecular weight excluding hydrogens is 266 g/mol. The SMILES string of the molecule is Cc1[nH]c2cccc(-c3ccccc3)c2c1-c1ccccc1. The largest absolute Gasteiger partial charge is 0.358 e. The summed E-state index contributed by atoms with van der Waals surface area (Å²) in [6.45, 7) is 2.15. The standard InChI is InChI=1S/C21H17N/c1-15-20(17-11-6-3-7-12-17)21-18(13-8-14-19(21)22-15)16-9-4-2-5-10-16/h2-14,22H,1H3. The Morgan fingerprint density at radius 2 is 1.27 bits per heavy atom. The van der Waals surface area contributed by atoms with E-state index in [9.17, 15) is 0 Å². The van der Waals surface area contributed by atoms with Crippen molar-refractivity contribution in [2.45, 2.75) is 6.92 Å². The third kappa shape index (κ3) is 2.03. The van der Waals surface area contributed by atoms with Gasteiger partial charge in [0.25, 0.3) is 0 Å². The lowest BCUT2D eigenvalue weighted by atomic mass is 9.95. The van der Waals surface area contributed by atoms with Gasteiger partial charge >= 0.3 is 0 Å². The van der Waals surface area contributed by atoms with Crippen molar-refractivity contribution in [1.29, 1.82) is 0 Å². The number of nitrogens with one attached hydrogen (secondary N) is 1.